The third kappa shape index (κ3) is 6.76. The van der Waals surface area contributed by atoms with Gasteiger partial charge in [0.2, 0.25) is 5.91 Å². The van der Waals surface area contributed by atoms with Gasteiger partial charge in [-0.05, 0) is 55.0 Å². The van der Waals surface area contributed by atoms with E-state index in [1.807, 2.05) is 30.3 Å². The second-order valence-electron chi connectivity index (χ2n) is 6.45. The summed E-state index contributed by atoms with van der Waals surface area (Å²) in [5.41, 5.74) is 7.79. The number of hydrogen-bond acceptors (Lipinski definition) is 4. The molecule has 0 spiro atoms. The molecule has 0 aliphatic carbocycles. The Kier molecular flexibility index (Phi) is 7.19. The molecule has 1 aromatic heterocycles. The number of nitrogens with one attached hydrogen (secondary N) is 1. The second kappa shape index (κ2) is 10.2. The number of aliphatic imine (C=N–C) groups is 1. The third-order valence-electron chi connectivity index (χ3n) is 3.89. The van der Waals surface area contributed by atoms with Crippen LogP contribution in [0.5, 0.6) is 11.5 Å². The number of aromatic nitrogens is 1. The lowest BCUT2D eigenvalue weighted by atomic mass is 10.2. The summed E-state index contributed by atoms with van der Waals surface area (Å²) in [5, 5.41) is 3.33. The molecule has 0 atom stereocenters. The fourth-order valence-electron chi connectivity index (χ4n) is 2.55. The maximum absolute atomic E-state index is 12.1. The Hall–Kier alpha value is -3.64. The van der Waals surface area contributed by atoms with Gasteiger partial charge in [-0.15, -0.1) is 0 Å². The van der Waals surface area contributed by atoms with E-state index in [4.69, 9.17) is 22.1 Å². The van der Waals surface area contributed by atoms with Crippen molar-refractivity contribution in [2.75, 3.05) is 5.32 Å². The maximum Gasteiger partial charge on any atom is 0.248 e. The van der Waals surface area contributed by atoms with Crippen molar-refractivity contribution in [1.29, 1.82) is 0 Å². The molecule has 0 saturated heterocycles. The van der Waals surface area contributed by atoms with Crippen molar-refractivity contribution in [2.45, 2.75) is 13.5 Å². The van der Waals surface area contributed by atoms with E-state index in [2.05, 4.69) is 15.3 Å². The van der Waals surface area contributed by atoms with Crippen molar-refractivity contribution in [3.8, 4) is 11.5 Å². The Morgan fingerprint density at radius 3 is 2.77 bits per heavy atom. The highest BCUT2D eigenvalue weighted by Crippen LogP contribution is 2.23. The van der Waals surface area contributed by atoms with Crippen molar-refractivity contribution in [3.63, 3.8) is 0 Å². The molecule has 0 aliphatic heterocycles. The van der Waals surface area contributed by atoms with E-state index in [1.54, 1.807) is 49.5 Å². The van der Waals surface area contributed by atoms with Crippen LogP contribution in [0.25, 0.3) is 6.08 Å². The van der Waals surface area contributed by atoms with Gasteiger partial charge < -0.3 is 15.8 Å². The SMILES string of the molecule is CC(N)=NCc1cc(Oc2cccc(C=CC(=O)Nc3cccc(Cl)c3)c2)ccn1. The Morgan fingerprint density at radius 2 is 1.97 bits per heavy atom. The number of nitrogens with zero attached hydrogens (tertiary/aromatic N) is 2. The number of amides is 1. The van der Waals surface area contributed by atoms with Crippen molar-refractivity contribution in [3.05, 3.63) is 89.2 Å². The molecule has 0 unspecified atom stereocenters. The fraction of sp³-hybridized carbons (Fsp3) is 0.0870. The fourth-order valence-corrected chi connectivity index (χ4v) is 2.74. The van der Waals surface area contributed by atoms with Crippen molar-refractivity contribution >= 4 is 35.1 Å². The van der Waals surface area contributed by atoms with Crippen LogP contribution in [0.1, 0.15) is 18.2 Å². The minimum atomic E-state index is -0.252. The number of carbonyl (C=O) groups is 1. The van der Waals surface area contributed by atoms with E-state index in [0.717, 1.165) is 11.3 Å². The van der Waals surface area contributed by atoms with E-state index < -0.39 is 0 Å². The molecule has 3 rings (SSSR count). The van der Waals surface area contributed by atoms with Gasteiger partial charge in [-0.1, -0.05) is 29.8 Å². The van der Waals surface area contributed by atoms with Crippen molar-refractivity contribution in [2.24, 2.45) is 10.7 Å². The third-order valence-corrected chi connectivity index (χ3v) is 4.13. The number of benzene rings is 2. The lowest BCUT2D eigenvalue weighted by Gasteiger charge is -2.07. The van der Waals surface area contributed by atoms with E-state index in [1.165, 1.54) is 6.08 Å². The van der Waals surface area contributed by atoms with Gasteiger partial charge in [0.15, 0.2) is 0 Å². The number of rotatable bonds is 7. The molecule has 152 valence electrons. The highest BCUT2D eigenvalue weighted by Gasteiger charge is 2.02. The molecule has 0 radical (unpaired) electrons. The molecule has 7 heteroatoms. The van der Waals surface area contributed by atoms with E-state index in [-0.39, 0.29) is 5.91 Å². The van der Waals surface area contributed by atoms with Crippen LogP contribution in [0, 0.1) is 0 Å². The Morgan fingerprint density at radius 1 is 1.17 bits per heavy atom. The standard InChI is InChI=1S/C23H21ClN4O2/c1-16(25)27-15-20-14-22(10-11-26-20)30-21-7-2-4-17(12-21)8-9-23(29)28-19-6-3-5-18(24)13-19/h2-14H,15H2,1H3,(H2,25,27)(H,28,29). The van der Waals surface area contributed by atoms with Gasteiger partial charge in [0.1, 0.15) is 11.5 Å². The van der Waals surface area contributed by atoms with Crippen LogP contribution < -0.4 is 15.8 Å². The van der Waals surface area contributed by atoms with E-state index >= 15 is 0 Å². The molecule has 3 aromatic rings. The average molecular weight is 421 g/mol. The van der Waals surface area contributed by atoms with Crippen LogP contribution in [-0.2, 0) is 11.3 Å². The number of nitrogens with two attached hydrogens (primary N) is 1. The summed E-state index contributed by atoms with van der Waals surface area (Å²) in [7, 11) is 0. The first-order valence-electron chi connectivity index (χ1n) is 9.22. The molecule has 0 aliphatic rings. The zero-order chi connectivity index (χ0) is 21.3. The van der Waals surface area contributed by atoms with Crippen LogP contribution >= 0.6 is 11.6 Å². The predicted molar refractivity (Wildman–Crippen MR) is 121 cm³/mol. The molecule has 0 bridgehead atoms. The number of halogens is 1. The molecule has 2 aromatic carbocycles. The maximum atomic E-state index is 12.1. The summed E-state index contributed by atoms with van der Waals surface area (Å²) in [6.45, 7) is 2.12. The summed E-state index contributed by atoms with van der Waals surface area (Å²) in [6, 6.07) is 18.0. The Labute approximate surface area is 180 Å². The topological polar surface area (TPSA) is 89.6 Å². The zero-order valence-corrected chi connectivity index (χ0v) is 17.1. The van der Waals surface area contributed by atoms with Gasteiger partial charge in [-0.3, -0.25) is 14.8 Å². The van der Waals surface area contributed by atoms with Gasteiger partial charge in [0.25, 0.3) is 0 Å². The summed E-state index contributed by atoms with van der Waals surface area (Å²) >= 11 is 5.93. The molecular weight excluding hydrogens is 400 g/mol. The number of anilines is 1. The quantitative estimate of drug-likeness (QED) is 0.317. The largest absolute Gasteiger partial charge is 0.457 e. The van der Waals surface area contributed by atoms with Crippen molar-refractivity contribution < 1.29 is 9.53 Å². The van der Waals surface area contributed by atoms with Crippen LogP contribution in [-0.4, -0.2) is 16.7 Å². The summed E-state index contributed by atoms with van der Waals surface area (Å²) in [5.74, 6) is 1.54. The number of hydrogen-bond donors (Lipinski definition) is 2. The number of amidine groups is 1. The number of pyridine rings is 1. The molecule has 30 heavy (non-hydrogen) atoms. The average Bonchev–Trinajstić information content (AvgIpc) is 2.71. The van der Waals surface area contributed by atoms with Crippen LogP contribution in [0.3, 0.4) is 0 Å². The van der Waals surface area contributed by atoms with Gasteiger partial charge in [-0.2, -0.15) is 0 Å². The molecule has 0 saturated carbocycles. The summed E-state index contributed by atoms with van der Waals surface area (Å²) in [6.07, 6.45) is 4.83. The molecule has 1 heterocycles. The zero-order valence-electron chi connectivity index (χ0n) is 16.4. The van der Waals surface area contributed by atoms with Gasteiger partial charge >= 0.3 is 0 Å². The molecule has 3 N–H and O–H groups in total. The monoisotopic (exact) mass is 420 g/mol. The van der Waals surface area contributed by atoms with E-state index in [9.17, 15) is 4.79 Å². The smallest absolute Gasteiger partial charge is 0.248 e. The predicted octanol–water partition coefficient (Wildman–Crippen LogP) is 5.06. The second-order valence-corrected chi connectivity index (χ2v) is 6.88. The first-order chi connectivity index (χ1) is 14.5. The Balaban J connectivity index is 1.64. The lowest BCUT2D eigenvalue weighted by Crippen LogP contribution is -2.07. The highest BCUT2D eigenvalue weighted by atomic mass is 35.5. The van der Waals surface area contributed by atoms with Gasteiger partial charge in [-0.25, -0.2) is 0 Å². The summed E-state index contributed by atoms with van der Waals surface area (Å²) < 4.78 is 5.91. The van der Waals surface area contributed by atoms with Crippen LogP contribution in [0.4, 0.5) is 5.69 Å². The lowest BCUT2D eigenvalue weighted by molar-refractivity contribution is -0.111. The van der Waals surface area contributed by atoms with Gasteiger partial charge in [0, 0.05) is 29.0 Å². The summed E-state index contributed by atoms with van der Waals surface area (Å²) in [4.78, 5) is 20.5. The first-order valence-corrected chi connectivity index (χ1v) is 9.60. The Bertz CT molecular complexity index is 1090. The van der Waals surface area contributed by atoms with Crippen LogP contribution in [0.15, 0.2) is 77.9 Å². The highest BCUT2D eigenvalue weighted by molar-refractivity contribution is 6.30. The first kappa shape index (κ1) is 21.1. The molecule has 0 fully saturated rings. The molecular formula is C23H21ClN4O2. The normalized spacial score (nSPS) is 11.5. The molecule has 1 amide bonds. The van der Waals surface area contributed by atoms with Gasteiger partial charge in [0.05, 0.1) is 18.1 Å². The van der Waals surface area contributed by atoms with Crippen molar-refractivity contribution in [1.82, 2.24) is 4.98 Å². The number of carbonyl (C=O) groups excluding carboxylic acids is 1. The number of ether oxygens (including phenoxy) is 1. The molecule has 6 nitrogen and oxygen atoms in total. The minimum absolute atomic E-state index is 0.252. The van der Waals surface area contributed by atoms with E-state index in [0.29, 0.717) is 34.6 Å². The minimum Gasteiger partial charge on any atom is -0.457 e. The van der Waals surface area contributed by atoms with Crippen LogP contribution in [0.2, 0.25) is 5.02 Å².